The lowest BCUT2D eigenvalue weighted by molar-refractivity contribution is 0.766. The van der Waals surface area contributed by atoms with E-state index in [2.05, 4.69) is 40.1 Å². The molecule has 0 unspecified atom stereocenters. The van der Waals surface area contributed by atoms with Crippen LogP contribution >= 0.6 is 0 Å². The fourth-order valence-electron chi connectivity index (χ4n) is 2.17. The van der Waals surface area contributed by atoms with Crippen LogP contribution in [-0.2, 0) is 6.42 Å². The number of rotatable bonds is 8. The smallest absolute Gasteiger partial charge is 0.134 e. The molecule has 0 radical (unpaired) electrons. The van der Waals surface area contributed by atoms with Crippen molar-refractivity contribution in [2.75, 3.05) is 23.3 Å². The van der Waals surface area contributed by atoms with Crippen LogP contribution in [0.2, 0.25) is 0 Å². The van der Waals surface area contributed by atoms with Gasteiger partial charge in [0.25, 0.3) is 0 Å². The van der Waals surface area contributed by atoms with Crippen LogP contribution in [0.5, 0.6) is 0 Å². The zero-order valence-electron chi connectivity index (χ0n) is 12.4. The molecular weight excluding hydrogens is 250 g/mol. The summed E-state index contributed by atoms with van der Waals surface area (Å²) in [6, 6.07) is 4.80. The van der Waals surface area contributed by atoms with Crippen LogP contribution in [0.3, 0.4) is 0 Å². The van der Waals surface area contributed by atoms with Gasteiger partial charge in [0, 0.05) is 31.6 Å². The summed E-state index contributed by atoms with van der Waals surface area (Å²) in [5, 5.41) is 12.2. The first kappa shape index (κ1) is 14.6. The second-order valence-corrected chi connectivity index (χ2v) is 5.14. The molecule has 1 heterocycles. The van der Waals surface area contributed by atoms with Crippen molar-refractivity contribution < 1.29 is 0 Å². The summed E-state index contributed by atoms with van der Waals surface area (Å²) in [4.78, 5) is 11.4. The zero-order valence-corrected chi connectivity index (χ0v) is 12.4. The quantitative estimate of drug-likeness (QED) is 0.789. The molecule has 0 spiro atoms. The lowest BCUT2D eigenvalue weighted by Crippen LogP contribution is -2.28. The van der Waals surface area contributed by atoms with Crippen molar-refractivity contribution >= 4 is 11.6 Å². The fourth-order valence-corrected chi connectivity index (χ4v) is 2.17. The van der Waals surface area contributed by atoms with Crippen molar-refractivity contribution in [3.05, 3.63) is 11.9 Å². The Hall–Kier alpha value is -1.83. The van der Waals surface area contributed by atoms with Crippen LogP contribution in [0.4, 0.5) is 11.6 Å². The molecule has 0 amide bonds. The number of nitrogens with one attached hydrogen (secondary N) is 1. The number of anilines is 2. The SMILES string of the molecule is CCCNc1cc(N(CCC#N)C2CC2)nc(CC)n1. The van der Waals surface area contributed by atoms with Crippen LogP contribution in [-0.4, -0.2) is 29.1 Å². The van der Waals surface area contributed by atoms with Crippen LogP contribution in [0.25, 0.3) is 0 Å². The van der Waals surface area contributed by atoms with E-state index in [-0.39, 0.29) is 0 Å². The molecule has 1 N–H and O–H groups in total. The highest BCUT2D eigenvalue weighted by Crippen LogP contribution is 2.31. The van der Waals surface area contributed by atoms with E-state index in [0.29, 0.717) is 12.5 Å². The van der Waals surface area contributed by atoms with Gasteiger partial charge in [-0.1, -0.05) is 13.8 Å². The van der Waals surface area contributed by atoms with Gasteiger partial charge in [-0.05, 0) is 19.3 Å². The lowest BCUT2D eigenvalue weighted by Gasteiger charge is -2.23. The largest absolute Gasteiger partial charge is 0.370 e. The molecule has 1 aliphatic rings. The van der Waals surface area contributed by atoms with Crippen LogP contribution < -0.4 is 10.2 Å². The van der Waals surface area contributed by atoms with Crippen molar-refractivity contribution in [1.29, 1.82) is 5.26 Å². The molecular formula is C15H23N5. The summed E-state index contributed by atoms with van der Waals surface area (Å²) in [6.07, 6.45) is 4.84. The minimum atomic E-state index is 0.541. The highest BCUT2D eigenvalue weighted by Gasteiger charge is 2.30. The third kappa shape index (κ3) is 3.83. The van der Waals surface area contributed by atoms with Gasteiger partial charge in [0.2, 0.25) is 0 Å². The number of aromatic nitrogens is 2. The minimum absolute atomic E-state index is 0.541. The maximum atomic E-state index is 8.81. The van der Waals surface area contributed by atoms with Crippen molar-refractivity contribution in [2.24, 2.45) is 0 Å². The molecule has 1 aromatic heterocycles. The zero-order chi connectivity index (χ0) is 14.4. The van der Waals surface area contributed by atoms with E-state index in [0.717, 1.165) is 43.4 Å². The van der Waals surface area contributed by atoms with E-state index in [4.69, 9.17) is 5.26 Å². The molecule has 1 aromatic rings. The highest BCUT2D eigenvalue weighted by atomic mass is 15.2. The first-order valence-corrected chi connectivity index (χ1v) is 7.53. The van der Waals surface area contributed by atoms with Gasteiger partial charge in [-0.15, -0.1) is 0 Å². The summed E-state index contributed by atoms with van der Waals surface area (Å²) < 4.78 is 0. The van der Waals surface area contributed by atoms with E-state index < -0.39 is 0 Å². The number of hydrogen-bond donors (Lipinski definition) is 1. The van der Waals surface area contributed by atoms with Gasteiger partial charge >= 0.3 is 0 Å². The monoisotopic (exact) mass is 273 g/mol. The Labute approximate surface area is 121 Å². The molecule has 108 valence electrons. The van der Waals surface area contributed by atoms with Crippen molar-refractivity contribution in [3.63, 3.8) is 0 Å². The average molecular weight is 273 g/mol. The summed E-state index contributed by atoms with van der Waals surface area (Å²) in [7, 11) is 0. The summed E-state index contributed by atoms with van der Waals surface area (Å²) in [5.74, 6) is 2.73. The van der Waals surface area contributed by atoms with E-state index in [1.54, 1.807) is 0 Å². The molecule has 0 atom stereocenters. The molecule has 0 bridgehead atoms. The Balaban J connectivity index is 2.20. The highest BCUT2D eigenvalue weighted by molar-refractivity contribution is 5.51. The van der Waals surface area contributed by atoms with Crippen LogP contribution in [0, 0.1) is 11.3 Å². The van der Waals surface area contributed by atoms with E-state index in [1.165, 1.54) is 12.8 Å². The Morgan fingerprint density at radius 1 is 1.40 bits per heavy atom. The maximum Gasteiger partial charge on any atom is 0.134 e. The molecule has 20 heavy (non-hydrogen) atoms. The number of nitrogens with zero attached hydrogens (tertiary/aromatic N) is 4. The summed E-state index contributed by atoms with van der Waals surface area (Å²) >= 11 is 0. The fraction of sp³-hybridized carbons (Fsp3) is 0.667. The molecule has 0 aromatic carbocycles. The van der Waals surface area contributed by atoms with Gasteiger partial charge < -0.3 is 10.2 Å². The molecule has 2 rings (SSSR count). The average Bonchev–Trinajstić information content (AvgIpc) is 3.30. The van der Waals surface area contributed by atoms with Crippen LogP contribution in [0.1, 0.15) is 45.4 Å². The minimum Gasteiger partial charge on any atom is -0.370 e. The second kappa shape index (κ2) is 7.09. The lowest BCUT2D eigenvalue weighted by atomic mass is 10.3. The molecule has 5 heteroatoms. The molecule has 5 nitrogen and oxygen atoms in total. The first-order chi connectivity index (χ1) is 9.78. The van der Waals surface area contributed by atoms with Gasteiger partial charge in [-0.3, -0.25) is 0 Å². The van der Waals surface area contributed by atoms with Crippen molar-refractivity contribution in [2.45, 2.75) is 52.0 Å². The molecule has 1 aliphatic carbocycles. The predicted molar refractivity (Wildman–Crippen MR) is 80.8 cm³/mol. The Bertz CT molecular complexity index is 476. The van der Waals surface area contributed by atoms with E-state index in [9.17, 15) is 0 Å². The van der Waals surface area contributed by atoms with Crippen molar-refractivity contribution in [3.8, 4) is 6.07 Å². The third-order valence-corrected chi connectivity index (χ3v) is 3.38. The standard InChI is InChI=1S/C15H23N5/c1-3-9-17-14-11-15(19-13(4-2)18-14)20(10-5-8-16)12-6-7-12/h11-12H,3-7,9-10H2,1-2H3,(H,17,18,19). The first-order valence-electron chi connectivity index (χ1n) is 7.53. The Kier molecular flexibility index (Phi) is 5.16. The number of hydrogen-bond acceptors (Lipinski definition) is 5. The molecule has 1 fully saturated rings. The van der Waals surface area contributed by atoms with E-state index >= 15 is 0 Å². The van der Waals surface area contributed by atoms with Gasteiger partial charge in [-0.25, -0.2) is 9.97 Å². The second-order valence-electron chi connectivity index (χ2n) is 5.14. The Morgan fingerprint density at radius 3 is 2.80 bits per heavy atom. The number of aryl methyl sites for hydroxylation is 1. The van der Waals surface area contributed by atoms with Crippen LogP contribution in [0.15, 0.2) is 6.07 Å². The predicted octanol–water partition coefficient (Wildman–Crippen LogP) is 2.74. The number of nitriles is 1. The van der Waals surface area contributed by atoms with E-state index in [1.807, 2.05) is 6.07 Å². The molecule has 0 saturated heterocycles. The normalized spacial score (nSPS) is 13.8. The topological polar surface area (TPSA) is 64.8 Å². The molecule has 0 aliphatic heterocycles. The molecule has 1 saturated carbocycles. The van der Waals surface area contributed by atoms with Gasteiger partial charge in [0.1, 0.15) is 17.5 Å². The van der Waals surface area contributed by atoms with Gasteiger partial charge in [0.05, 0.1) is 12.5 Å². The Morgan fingerprint density at radius 2 is 2.20 bits per heavy atom. The van der Waals surface area contributed by atoms with Gasteiger partial charge in [-0.2, -0.15) is 5.26 Å². The van der Waals surface area contributed by atoms with Gasteiger partial charge in [0.15, 0.2) is 0 Å². The summed E-state index contributed by atoms with van der Waals surface area (Å²) in [5.41, 5.74) is 0. The summed E-state index contributed by atoms with van der Waals surface area (Å²) in [6.45, 7) is 5.88. The third-order valence-electron chi connectivity index (χ3n) is 3.38. The van der Waals surface area contributed by atoms with Crippen molar-refractivity contribution in [1.82, 2.24) is 9.97 Å². The maximum absolute atomic E-state index is 8.81.